The molecule has 10 nitrogen and oxygen atoms in total. The van der Waals surface area contributed by atoms with Crippen LogP contribution in [0.25, 0.3) is 0 Å². The summed E-state index contributed by atoms with van der Waals surface area (Å²) in [5, 5.41) is 22.6. The molecule has 2 aliphatic rings. The quantitative estimate of drug-likeness (QED) is 0.246. The highest BCUT2D eigenvalue weighted by molar-refractivity contribution is 8.01. The molecule has 0 fully saturated rings. The summed E-state index contributed by atoms with van der Waals surface area (Å²) in [6.07, 6.45) is 0.808. The summed E-state index contributed by atoms with van der Waals surface area (Å²) in [6.45, 7) is 4.01. The topological polar surface area (TPSA) is 151 Å². The first-order valence-corrected chi connectivity index (χ1v) is 15.4. The molecule has 220 valence electrons. The van der Waals surface area contributed by atoms with Crippen molar-refractivity contribution in [1.29, 1.82) is 5.26 Å². The highest BCUT2D eigenvalue weighted by Crippen LogP contribution is 2.50. The number of rotatable bonds is 7. The van der Waals surface area contributed by atoms with Crippen LogP contribution in [-0.2, 0) is 14.3 Å². The lowest BCUT2D eigenvalue weighted by Crippen LogP contribution is -2.42. The highest BCUT2D eigenvalue weighted by Gasteiger charge is 2.45. The number of thioether (sulfide) groups is 1. The summed E-state index contributed by atoms with van der Waals surface area (Å²) >= 11 is 8.42. The van der Waals surface area contributed by atoms with E-state index in [-0.39, 0.29) is 34.3 Å². The number of benzene rings is 2. The van der Waals surface area contributed by atoms with Gasteiger partial charge in [-0.05, 0) is 47.7 Å². The normalized spacial score (nSPS) is 17.8. The molecule has 2 heterocycles. The van der Waals surface area contributed by atoms with Crippen LogP contribution in [-0.4, -0.2) is 40.7 Å². The minimum Gasteiger partial charge on any atom is -0.465 e. The zero-order chi connectivity index (χ0) is 30.9. The van der Waals surface area contributed by atoms with Gasteiger partial charge >= 0.3 is 5.97 Å². The SMILES string of the molecule is COC(=O)c1ccc(C2C(C#N)=C(N)N(c3nnc(SCC(=O)Nc4cccc(Cl)c4)s3)C3=C2C(=O)CC(C)(C)C3)cc1. The second-order valence-corrected chi connectivity index (χ2v) is 13.4. The Kier molecular flexibility index (Phi) is 8.59. The molecule has 1 amide bonds. The number of Topliss-reactive ketones (excluding diaryl/α,β-unsaturated/α-hetero) is 1. The molecule has 0 saturated carbocycles. The van der Waals surface area contributed by atoms with Crippen molar-refractivity contribution in [2.24, 2.45) is 11.1 Å². The van der Waals surface area contributed by atoms with Crippen LogP contribution in [0.2, 0.25) is 5.02 Å². The molecule has 13 heteroatoms. The number of anilines is 2. The molecule has 1 atom stereocenters. The van der Waals surface area contributed by atoms with Gasteiger partial charge in [0.2, 0.25) is 11.0 Å². The number of carbonyl (C=O) groups is 3. The number of nitrogens with one attached hydrogen (secondary N) is 1. The largest absolute Gasteiger partial charge is 0.465 e. The molecule has 1 aromatic heterocycles. The number of nitriles is 1. The second-order valence-electron chi connectivity index (χ2n) is 10.8. The van der Waals surface area contributed by atoms with E-state index in [1.54, 1.807) is 53.4 Å². The molecule has 2 aromatic carbocycles. The summed E-state index contributed by atoms with van der Waals surface area (Å²) in [6, 6.07) is 15.7. The molecule has 5 rings (SSSR count). The molecule has 0 spiro atoms. The van der Waals surface area contributed by atoms with Crippen molar-refractivity contribution >= 4 is 63.2 Å². The minimum absolute atomic E-state index is 0.0824. The van der Waals surface area contributed by atoms with Gasteiger partial charge in [-0.1, -0.05) is 66.7 Å². The smallest absolute Gasteiger partial charge is 0.337 e. The van der Waals surface area contributed by atoms with E-state index in [2.05, 4.69) is 21.6 Å². The van der Waals surface area contributed by atoms with Gasteiger partial charge in [0.15, 0.2) is 10.1 Å². The van der Waals surface area contributed by atoms with Crippen molar-refractivity contribution in [2.75, 3.05) is 23.1 Å². The number of aromatic nitrogens is 2. The number of halogens is 1. The Hall–Kier alpha value is -4.18. The van der Waals surface area contributed by atoms with Gasteiger partial charge in [-0.2, -0.15) is 5.26 Å². The zero-order valence-electron chi connectivity index (χ0n) is 23.5. The van der Waals surface area contributed by atoms with E-state index >= 15 is 0 Å². The minimum atomic E-state index is -0.705. The summed E-state index contributed by atoms with van der Waals surface area (Å²) in [5.74, 6) is -1.28. The fraction of sp³-hybridized carbons (Fsp3) is 0.267. The molecule has 1 aliphatic carbocycles. The number of esters is 1. The number of nitrogens with two attached hydrogens (primary N) is 1. The van der Waals surface area contributed by atoms with Crippen LogP contribution >= 0.6 is 34.7 Å². The fourth-order valence-electron chi connectivity index (χ4n) is 5.23. The van der Waals surface area contributed by atoms with Gasteiger partial charge in [0.05, 0.1) is 36.0 Å². The average molecular weight is 635 g/mol. The third-order valence-corrected chi connectivity index (χ3v) is 9.35. The number of allylic oxidation sites excluding steroid dienone is 3. The molecule has 1 unspecified atom stereocenters. The Morgan fingerprint density at radius 1 is 1.23 bits per heavy atom. The van der Waals surface area contributed by atoms with Crippen LogP contribution < -0.4 is 16.0 Å². The monoisotopic (exact) mass is 634 g/mol. The van der Waals surface area contributed by atoms with Crippen molar-refractivity contribution in [1.82, 2.24) is 10.2 Å². The second kappa shape index (κ2) is 12.2. The molecular formula is C30H27ClN6O4S2. The van der Waals surface area contributed by atoms with Gasteiger partial charge in [-0.3, -0.25) is 14.5 Å². The third-order valence-electron chi connectivity index (χ3n) is 7.07. The lowest BCUT2D eigenvalue weighted by Gasteiger charge is -2.42. The fourth-order valence-corrected chi connectivity index (χ4v) is 7.10. The van der Waals surface area contributed by atoms with Crippen LogP contribution in [0.15, 0.2) is 75.5 Å². The van der Waals surface area contributed by atoms with Crippen LogP contribution in [0.1, 0.15) is 48.5 Å². The maximum absolute atomic E-state index is 13.7. The number of carbonyl (C=O) groups excluding carboxylic acids is 3. The molecule has 1 aliphatic heterocycles. The van der Waals surface area contributed by atoms with E-state index in [1.165, 1.54) is 30.2 Å². The number of hydrogen-bond acceptors (Lipinski definition) is 11. The highest BCUT2D eigenvalue weighted by atomic mass is 35.5. The Morgan fingerprint density at radius 2 is 1.98 bits per heavy atom. The average Bonchev–Trinajstić information content (AvgIpc) is 3.43. The van der Waals surface area contributed by atoms with Gasteiger partial charge in [-0.15, -0.1) is 10.2 Å². The Balaban J connectivity index is 1.47. The Morgan fingerprint density at radius 3 is 2.65 bits per heavy atom. The van der Waals surface area contributed by atoms with Crippen LogP contribution in [0.4, 0.5) is 10.8 Å². The summed E-state index contributed by atoms with van der Waals surface area (Å²) in [7, 11) is 1.30. The van der Waals surface area contributed by atoms with Crippen LogP contribution in [0.5, 0.6) is 0 Å². The summed E-state index contributed by atoms with van der Waals surface area (Å²) in [5.41, 5.74) is 9.25. The van der Waals surface area contributed by atoms with Gasteiger partial charge < -0.3 is 15.8 Å². The van der Waals surface area contributed by atoms with Crippen LogP contribution in [0, 0.1) is 16.7 Å². The maximum atomic E-state index is 13.7. The first kappa shape index (κ1) is 30.3. The molecule has 0 radical (unpaired) electrons. The molecule has 3 aromatic rings. The predicted octanol–water partition coefficient (Wildman–Crippen LogP) is 5.65. The number of methoxy groups -OCH3 is 1. The Bertz CT molecular complexity index is 1720. The summed E-state index contributed by atoms with van der Waals surface area (Å²) in [4.78, 5) is 39.9. The van der Waals surface area contributed by atoms with Crippen molar-refractivity contribution in [3.63, 3.8) is 0 Å². The van der Waals surface area contributed by atoms with Crippen LogP contribution in [0.3, 0.4) is 0 Å². The van der Waals surface area contributed by atoms with E-state index in [4.69, 9.17) is 22.1 Å². The number of nitrogens with zero attached hydrogens (tertiary/aromatic N) is 4. The molecule has 0 bridgehead atoms. The molecular weight excluding hydrogens is 608 g/mol. The third kappa shape index (κ3) is 6.29. The first-order chi connectivity index (χ1) is 20.5. The summed E-state index contributed by atoms with van der Waals surface area (Å²) < 4.78 is 5.32. The van der Waals surface area contributed by atoms with E-state index < -0.39 is 11.9 Å². The Labute approximate surface area is 261 Å². The van der Waals surface area contributed by atoms with Crippen molar-refractivity contribution in [2.45, 2.75) is 36.9 Å². The van der Waals surface area contributed by atoms with E-state index in [0.717, 1.165) is 0 Å². The van der Waals surface area contributed by atoms with E-state index in [9.17, 15) is 19.6 Å². The van der Waals surface area contributed by atoms with Crippen molar-refractivity contribution in [3.05, 3.63) is 87.3 Å². The van der Waals surface area contributed by atoms with Crippen molar-refractivity contribution < 1.29 is 19.1 Å². The van der Waals surface area contributed by atoms with Gasteiger partial charge in [0.1, 0.15) is 5.82 Å². The number of ketones is 1. The number of hydrogen-bond donors (Lipinski definition) is 2. The standard InChI is InChI=1S/C30H27ClN6O4S2/c1-30(2)12-21-25(22(38)13-30)24(16-7-9-17(10-8-16)27(40)41-3)20(14-32)26(33)37(21)28-35-36-29(43-28)42-15-23(39)34-19-6-4-5-18(31)11-19/h4-11,24H,12-13,15,33H2,1-3H3,(H,34,39). The van der Waals surface area contributed by atoms with Gasteiger partial charge in [-0.25, -0.2) is 4.79 Å². The van der Waals surface area contributed by atoms with E-state index in [0.29, 0.717) is 55.4 Å². The number of ether oxygens (including phenoxy) is 1. The maximum Gasteiger partial charge on any atom is 0.337 e. The number of amides is 1. The lowest BCUT2D eigenvalue weighted by molar-refractivity contribution is -0.118. The molecule has 43 heavy (non-hydrogen) atoms. The van der Waals surface area contributed by atoms with Gasteiger partial charge in [0, 0.05) is 28.4 Å². The molecule has 0 saturated heterocycles. The first-order valence-electron chi connectivity index (χ1n) is 13.2. The van der Waals surface area contributed by atoms with E-state index in [1.807, 2.05) is 13.8 Å². The van der Waals surface area contributed by atoms with Gasteiger partial charge in [0.25, 0.3) is 0 Å². The predicted molar refractivity (Wildman–Crippen MR) is 166 cm³/mol. The zero-order valence-corrected chi connectivity index (χ0v) is 25.9. The lowest BCUT2D eigenvalue weighted by atomic mass is 9.68. The molecule has 3 N–H and O–H groups in total. The van der Waals surface area contributed by atoms with Crippen molar-refractivity contribution in [3.8, 4) is 6.07 Å².